The Hall–Kier alpha value is -1.13. The van der Waals surface area contributed by atoms with Gasteiger partial charge in [0.15, 0.2) is 0 Å². The van der Waals surface area contributed by atoms with E-state index in [2.05, 4.69) is 31.3 Å². The zero-order valence-electron chi connectivity index (χ0n) is 35.3. The molecule has 0 rings (SSSR count). The van der Waals surface area contributed by atoms with E-state index >= 15 is 0 Å². The third-order valence-electron chi connectivity index (χ3n) is 10.9. The van der Waals surface area contributed by atoms with Crippen LogP contribution in [0.5, 0.6) is 0 Å². The van der Waals surface area contributed by atoms with Crippen molar-refractivity contribution in [2.45, 2.75) is 270 Å². The highest BCUT2D eigenvalue weighted by Gasteiger charge is 2.17. The van der Waals surface area contributed by atoms with Crippen molar-refractivity contribution in [3.05, 3.63) is 24.3 Å². The number of hydrogen-bond donors (Lipinski definition) is 3. The summed E-state index contributed by atoms with van der Waals surface area (Å²) in [6.07, 6.45) is 57.3. The zero-order chi connectivity index (χ0) is 37.8. The minimum atomic E-state index is -0.858. The maximum Gasteiger partial charge on any atom is 0.220 e. The van der Waals surface area contributed by atoms with Crippen LogP contribution in [0.3, 0.4) is 0 Å². The quantitative estimate of drug-likeness (QED) is 0.0432. The predicted octanol–water partition coefficient (Wildman–Crippen LogP) is 14.8. The average Bonchev–Trinajstić information content (AvgIpc) is 3.15. The van der Waals surface area contributed by atoms with Crippen LogP contribution < -0.4 is 5.32 Å². The van der Waals surface area contributed by atoms with E-state index in [0.717, 1.165) is 32.1 Å². The Kier molecular flexibility index (Phi) is 43.3. The molecule has 0 heterocycles. The number of unbranched alkanes of at least 4 members (excludes halogenated alkanes) is 34. The standard InChI is InChI=1S/C48H93NO3/c1-3-5-7-9-11-13-15-17-19-21-23-25-27-29-31-33-35-37-39-41-43-47(51)46(45-50)49-48(52)44-42-40-38-36-34-32-30-28-26-24-22-20-18-16-14-12-10-8-6-4-2/h33,35,41,43,46-47,50-51H,3-32,34,36-40,42,44-45H2,1-2H3,(H,49,52)/b35-33+,43-41+. The Balaban J connectivity index is 3.55. The highest BCUT2D eigenvalue weighted by Crippen LogP contribution is 2.16. The molecule has 0 fully saturated rings. The van der Waals surface area contributed by atoms with E-state index in [0.29, 0.717) is 6.42 Å². The molecule has 0 aromatic carbocycles. The van der Waals surface area contributed by atoms with E-state index in [1.807, 2.05) is 6.08 Å². The Bertz CT molecular complexity index is 750. The van der Waals surface area contributed by atoms with Crippen molar-refractivity contribution < 1.29 is 15.0 Å². The van der Waals surface area contributed by atoms with Crippen molar-refractivity contribution >= 4 is 5.91 Å². The van der Waals surface area contributed by atoms with Gasteiger partial charge in [0.25, 0.3) is 0 Å². The molecule has 0 aliphatic heterocycles. The number of carbonyl (C=O) groups excluding carboxylic acids is 1. The van der Waals surface area contributed by atoms with Crippen LogP contribution in [-0.2, 0) is 4.79 Å². The lowest BCUT2D eigenvalue weighted by Crippen LogP contribution is -2.45. The first-order valence-corrected chi connectivity index (χ1v) is 23.6. The lowest BCUT2D eigenvalue weighted by molar-refractivity contribution is -0.123. The van der Waals surface area contributed by atoms with Crippen molar-refractivity contribution in [2.75, 3.05) is 6.61 Å². The average molecular weight is 732 g/mol. The fourth-order valence-electron chi connectivity index (χ4n) is 7.31. The molecule has 4 heteroatoms. The van der Waals surface area contributed by atoms with E-state index in [1.54, 1.807) is 6.08 Å². The van der Waals surface area contributed by atoms with Crippen LogP contribution in [-0.4, -0.2) is 34.9 Å². The maximum atomic E-state index is 12.4. The molecule has 0 saturated heterocycles. The smallest absolute Gasteiger partial charge is 0.220 e. The minimum absolute atomic E-state index is 0.0691. The molecule has 308 valence electrons. The first-order chi connectivity index (χ1) is 25.7. The summed E-state index contributed by atoms with van der Waals surface area (Å²) in [7, 11) is 0. The normalized spacial score (nSPS) is 13.1. The summed E-state index contributed by atoms with van der Waals surface area (Å²) >= 11 is 0. The van der Waals surface area contributed by atoms with Gasteiger partial charge in [0.1, 0.15) is 0 Å². The molecule has 0 aliphatic rings. The van der Waals surface area contributed by atoms with Gasteiger partial charge in [-0.25, -0.2) is 0 Å². The van der Waals surface area contributed by atoms with Crippen LogP contribution in [0.1, 0.15) is 258 Å². The van der Waals surface area contributed by atoms with Gasteiger partial charge in [-0.05, 0) is 32.1 Å². The fraction of sp³-hybridized carbons (Fsp3) is 0.896. The van der Waals surface area contributed by atoms with E-state index in [-0.39, 0.29) is 12.5 Å². The van der Waals surface area contributed by atoms with Gasteiger partial charge in [-0.15, -0.1) is 0 Å². The van der Waals surface area contributed by atoms with E-state index in [1.165, 1.54) is 205 Å². The van der Waals surface area contributed by atoms with Crippen molar-refractivity contribution in [3.8, 4) is 0 Å². The molecular weight excluding hydrogens is 639 g/mol. The molecule has 0 radical (unpaired) electrons. The monoisotopic (exact) mass is 732 g/mol. The van der Waals surface area contributed by atoms with E-state index < -0.39 is 12.1 Å². The molecule has 0 aliphatic carbocycles. The number of hydrogen-bond acceptors (Lipinski definition) is 3. The minimum Gasteiger partial charge on any atom is -0.394 e. The number of allylic oxidation sites excluding steroid dienone is 3. The molecule has 0 spiro atoms. The van der Waals surface area contributed by atoms with Gasteiger partial charge < -0.3 is 15.5 Å². The third-order valence-corrected chi connectivity index (χ3v) is 10.9. The van der Waals surface area contributed by atoms with Gasteiger partial charge in [0.05, 0.1) is 18.8 Å². The summed E-state index contributed by atoms with van der Waals surface area (Å²) in [4.78, 5) is 12.4. The van der Waals surface area contributed by atoms with E-state index in [9.17, 15) is 15.0 Å². The fourth-order valence-corrected chi connectivity index (χ4v) is 7.31. The number of aliphatic hydroxyl groups is 2. The number of rotatable bonds is 43. The zero-order valence-corrected chi connectivity index (χ0v) is 35.3. The van der Waals surface area contributed by atoms with Crippen LogP contribution in [0.15, 0.2) is 24.3 Å². The van der Waals surface area contributed by atoms with Gasteiger partial charge in [-0.3, -0.25) is 4.79 Å². The Morgan fingerprint density at radius 3 is 1.12 bits per heavy atom. The number of aliphatic hydroxyl groups excluding tert-OH is 2. The van der Waals surface area contributed by atoms with Crippen molar-refractivity contribution in [3.63, 3.8) is 0 Å². The molecule has 0 bridgehead atoms. The van der Waals surface area contributed by atoms with Gasteiger partial charge in [-0.2, -0.15) is 0 Å². The lowest BCUT2D eigenvalue weighted by atomic mass is 10.0. The second kappa shape index (κ2) is 44.3. The molecule has 4 nitrogen and oxygen atoms in total. The second-order valence-electron chi connectivity index (χ2n) is 16.2. The van der Waals surface area contributed by atoms with Gasteiger partial charge in [0, 0.05) is 6.42 Å². The summed E-state index contributed by atoms with van der Waals surface area (Å²) in [6, 6.07) is -0.635. The molecule has 2 unspecified atom stereocenters. The molecule has 0 saturated carbocycles. The summed E-state index contributed by atoms with van der Waals surface area (Å²) in [6.45, 7) is 4.32. The Morgan fingerprint density at radius 2 is 0.750 bits per heavy atom. The van der Waals surface area contributed by atoms with Crippen LogP contribution in [0.4, 0.5) is 0 Å². The van der Waals surface area contributed by atoms with E-state index in [4.69, 9.17) is 0 Å². The van der Waals surface area contributed by atoms with Crippen LogP contribution in [0.2, 0.25) is 0 Å². The first kappa shape index (κ1) is 50.9. The molecule has 0 aromatic heterocycles. The predicted molar refractivity (Wildman–Crippen MR) is 230 cm³/mol. The molecular formula is C48H93NO3. The SMILES string of the molecule is CCCCCCCCCCCCCCCC/C=C/CC/C=C/C(O)C(CO)NC(=O)CCCCCCCCCCCCCCCCCCCCCC. The summed E-state index contributed by atoms with van der Waals surface area (Å²) < 4.78 is 0. The summed E-state index contributed by atoms with van der Waals surface area (Å²) in [5.74, 6) is -0.0691. The van der Waals surface area contributed by atoms with Gasteiger partial charge in [-0.1, -0.05) is 244 Å². The number of carbonyl (C=O) groups is 1. The first-order valence-electron chi connectivity index (χ1n) is 23.6. The van der Waals surface area contributed by atoms with Gasteiger partial charge >= 0.3 is 0 Å². The topological polar surface area (TPSA) is 69.6 Å². The molecule has 3 N–H and O–H groups in total. The maximum absolute atomic E-state index is 12.4. The number of amides is 1. The Morgan fingerprint density at radius 1 is 0.442 bits per heavy atom. The van der Waals surface area contributed by atoms with Crippen molar-refractivity contribution in [1.29, 1.82) is 0 Å². The van der Waals surface area contributed by atoms with Crippen LogP contribution in [0, 0.1) is 0 Å². The third kappa shape index (κ3) is 40.1. The van der Waals surface area contributed by atoms with Crippen LogP contribution in [0.25, 0.3) is 0 Å². The second-order valence-corrected chi connectivity index (χ2v) is 16.2. The largest absolute Gasteiger partial charge is 0.394 e. The van der Waals surface area contributed by atoms with Crippen molar-refractivity contribution in [1.82, 2.24) is 5.32 Å². The van der Waals surface area contributed by atoms with Gasteiger partial charge in [0.2, 0.25) is 5.91 Å². The lowest BCUT2D eigenvalue weighted by Gasteiger charge is -2.19. The summed E-state index contributed by atoms with van der Waals surface area (Å²) in [5.41, 5.74) is 0. The molecule has 0 aromatic rings. The number of nitrogens with one attached hydrogen (secondary N) is 1. The highest BCUT2D eigenvalue weighted by molar-refractivity contribution is 5.76. The molecule has 52 heavy (non-hydrogen) atoms. The molecule has 1 amide bonds. The summed E-state index contributed by atoms with van der Waals surface area (Å²) in [5, 5.41) is 23.0. The van der Waals surface area contributed by atoms with Crippen molar-refractivity contribution in [2.24, 2.45) is 0 Å². The Labute approximate surface area is 326 Å². The highest BCUT2D eigenvalue weighted by atomic mass is 16.3. The molecule has 2 atom stereocenters. The van der Waals surface area contributed by atoms with Crippen LogP contribution >= 0.6 is 0 Å².